The molecule has 26 heavy (non-hydrogen) atoms. The largest absolute Gasteiger partial charge is 0.494 e. The summed E-state index contributed by atoms with van der Waals surface area (Å²) in [5.41, 5.74) is 2.05. The zero-order valence-corrected chi connectivity index (χ0v) is 14.7. The van der Waals surface area contributed by atoms with Crippen molar-refractivity contribution >= 4 is 32.6 Å². The molecule has 0 bridgehead atoms. The zero-order chi connectivity index (χ0) is 17.9. The van der Waals surface area contributed by atoms with E-state index < -0.39 is 0 Å². The number of amides is 1. The lowest BCUT2D eigenvalue weighted by molar-refractivity contribution is 0.102. The van der Waals surface area contributed by atoms with Gasteiger partial charge in [-0.1, -0.05) is 52.9 Å². The lowest BCUT2D eigenvalue weighted by Gasteiger charge is -1.99. The van der Waals surface area contributed by atoms with Crippen molar-refractivity contribution in [1.29, 1.82) is 0 Å². The number of ether oxygens (including phenoxy) is 1. The lowest BCUT2D eigenvalue weighted by atomic mass is 10.2. The predicted molar refractivity (Wildman–Crippen MR) is 99.7 cm³/mol. The second kappa shape index (κ2) is 6.93. The van der Waals surface area contributed by atoms with E-state index in [0.29, 0.717) is 17.4 Å². The molecule has 7 nitrogen and oxygen atoms in total. The van der Waals surface area contributed by atoms with Gasteiger partial charge in [0, 0.05) is 0 Å². The second-order valence-electron chi connectivity index (χ2n) is 5.57. The monoisotopic (exact) mass is 365 g/mol. The number of anilines is 1. The van der Waals surface area contributed by atoms with Gasteiger partial charge in [-0.15, -0.1) is 5.10 Å². The van der Waals surface area contributed by atoms with Gasteiger partial charge in [-0.05, 0) is 17.7 Å². The number of carbonyl (C=O) groups is 1. The van der Waals surface area contributed by atoms with Crippen molar-refractivity contribution in [3.63, 3.8) is 0 Å². The molecule has 0 aliphatic carbocycles. The van der Waals surface area contributed by atoms with Crippen LogP contribution in [0.1, 0.15) is 16.1 Å². The number of nitrogens with zero attached hydrogens (tertiary/aromatic N) is 4. The van der Waals surface area contributed by atoms with E-state index in [2.05, 4.69) is 20.6 Å². The molecule has 0 fully saturated rings. The van der Waals surface area contributed by atoms with E-state index in [4.69, 9.17) is 4.74 Å². The molecule has 4 aromatic rings. The van der Waals surface area contributed by atoms with Crippen LogP contribution in [0.25, 0.3) is 10.2 Å². The van der Waals surface area contributed by atoms with Gasteiger partial charge in [-0.25, -0.2) is 9.67 Å². The fraction of sp³-hybridized carbons (Fsp3) is 0.111. The van der Waals surface area contributed by atoms with Gasteiger partial charge in [-0.3, -0.25) is 10.1 Å². The Bertz CT molecular complexity index is 1060. The molecule has 8 heteroatoms. The standard InChI is InChI=1S/C18H15N5O2S/c1-25-14-8-5-9-15-16(14)19-18(26-15)20-17(24)13-11-23(22-21-13)10-12-6-3-2-4-7-12/h2-9,11H,10H2,1H3,(H,19,20,24). The summed E-state index contributed by atoms with van der Waals surface area (Å²) in [6.45, 7) is 0.555. The number of thiazole rings is 1. The third kappa shape index (κ3) is 3.27. The molecule has 0 atom stereocenters. The Morgan fingerprint density at radius 3 is 2.85 bits per heavy atom. The highest BCUT2D eigenvalue weighted by Crippen LogP contribution is 2.32. The Morgan fingerprint density at radius 2 is 2.04 bits per heavy atom. The number of rotatable bonds is 5. The molecule has 130 valence electrons. The van der Waals surface area contributed by atoms with Crippen molar-refractivity contribution in [3.05, 3.63) is 66.0 Å². The topological polar surface area (TPSA) is 81.9 Å². The summed E-state index contributed by atoms with van der Waals surface area (Å²) in [6, 6.07) is 15.5. The normalized spacial score (nSPS) is 10.8. The smallest absolute Gasteiger partial charge is 0.279 e. The number of para-hydroxylation sites is 1. The van der Waals surface area contributed by atoms with Crippen LogP contribution in [0, 0.1) is 0 Å². The van der Waals surface area contributed by atoms with Crippen molar-refractivity contribution in [2.75, 3.05) is 12.4 Å². The number of aromatic nitrogens is 4. The highest BCUT2D eigenvalue weighted by Gasteiger charge is 2.15. The Kier molecular flexibility index (Phi) is 4.32. The van der Waals surface area contributed by atoms with Crippen LogP contribution in [-0.2, 0) is 6.54 Å². The number of benzene rings is 2. The molecule has 1 N–H and O–H groups in total. The van der Waals surface area contributed by atoms with E-state index in [1.54, 1.807) is 18.0 Å². The van der Waals surface area contributed by atoms with Gasteiger partial charge >= 0.3 is 0 Å². The van der Waals surface area contributed by atoms with Crippen LogP contribution in [0.4, 0.5) is 5.13 Å². The highest BCUT2D eigenvalue weighted by molar-refractivity contribution is 7.22. The third-order valence-electron chi connectivity index (χ3n) is 3.78. The summed E-state index contributed by atoms with van der Waals surface area (Å²) >= 11 is 1.38. The molecule has 0 saturated heterocycles. The first-order chi connectivity index (χ1) is 12.7. The van der Waals surface area contributed by atoms with E-state index in [0.717, 1.165) is 15.8 Å². The van der Waals surface area contributed by atoms with Gasteiger partial charge in [-0.2, -0.15) is 0 Å². The van der Waals surface area contributed by atoms with Gasteiger partial charge in [0.1, 0.15) is 11.3 Å². The first-order valence-corrected chi connectivity index (χ1v) is 8.73. The Balaban J connectivity index is 1.50. The van der Waals surface area contributed by atoms with Gasteiger partial charge in [0.15, 0.2) is 10.8 Å². The zero-order valence-electron chi connectivity index (χ0n) is 13.9. The fourth-order valence-electron chi connectivity index (χ4n) is 2.55. The Morgan fingerprint density at radius 1 is 1.19 bits per heavy atom. The van der Waals surface area contributed by atoms with Crippen LogP contribution in [0.3, 0.4) is 0 Å². The minimum atomic E-state index is -0.345. The minimum absolute atomic E-state index is 0.243. The van der Waals surface area contributed by atoms with Crippen molar-refractivity contribution in [3.8, 4) is 5.75 Å². The quantitative estimate of drug-likeness (QED) is 0.587. The van der Waals surface area contributed by atoms with Crippen molar-refractivity contribution < 1.29 is 9.53 Å². The molecule has 0 aliphatic heterocycles. The predicted octanol–water partition coefficient (Wildman–Crippen LogP) is 3.20. The van der Waals surface area contributed by atoms with Crippen molar-refractivity contribution in [1.82, 2.24) is 20.0 Å². The van der Waals surface area contributed by atoms with Crippen LogP contribution in [0.2, 0.25) is 0 Å². The van der Waals surface area contributed by atoms with Crippen LogP contribution >= 0.6 is 11.3 Å². The van der Waals surface area contributed by atoms with Gasteiger partial charge < -0.3 is 4.74 Å². The summed E-state index contributed by atoms with van der Waals surface area (Å²) in [4.78, 5) is 16.8. The molecular formula is C18H15N5O2S. The minimum Gasteiger partial charge on any atom is -0.494 e. The number of carbonyl (C=O) groups excluding carboxylic acids is 1. The van der Waals surface area contributed by atoms with E-state index in [9.17, 15) is 4.79 Å². The van der Waals surface area contributed by atoms with Gasteiger partial charge in [0.25, 0.3) is 5.91 Å². The summed E-state index contributed by atoms with van der Waals surface area (Å²) in [5.74, 6) is 0.329. The molecule has 4 rings (SSSR count). The second-order valence-corrected chi connectivity index (χ2v) is 6.60. The Labute approximate surface area is 153 Å². The summed E-state index contributed by atoms with van der Waals surface area (Å²) in [7, 11) is 1.59. The maximum atomic E-state index is 12.4. The van der Waals surface area contributed by atoms with Crippen LogP contribution < -0.4 is 10.1 Å². The van der Waals surface area contributed by atoms with Crippen LogP contribution in [0.5, 0.6) is 5.75 Å². The number of methoxy groups -OCH3 is 1. The van der Waals surface area contributed by atoms with Gasteiger partial charge in [0.05, 0.1) is 24.6 Å². The molecule has 0 saturated carbocycles. The molecule has 2 aromatic heterocycles. The summed E-state index contributed by atoms with van der Waals surface area (Å²) < 4.78 is 7.86. The van der Waals surface area contributed by atoms with Crippen molar-refractivity contribution in [2.24, 2.45) is 0 Å². The number of hydrogen-bond donors (Lipinski definition) is 1. The van der Waals surface area contributed by atoms with E-state index in [-0.39, 0.29) is 11.6 Å². The van der Waals surface area contributed by atoms with E-state index >= 15 is 0 Å². The average molecular weight is 365 g/mol. The van der Waals surface area contributed by atoms with Crippen LogP contribution in [0.15, 0.2) is 54.7 Å². The first-order valence-electron chi connectivity index (χ1n) is 7.92. The molecule has 0 spiro atoms. The number of fused-ring (bicyclic) bond motifs is 1. The maximum Gasteiger partial charge on any atom is 0.279 e. The average Bonchev–Trinajstić information content (AvgIpc) is 3.28. The molecule has 0 radical (unpaired) electrons. The molecule has 0 aliphatic rings. The highest BCUT2D eigenvalue weighted by atomic mass is 32.1. The van der Waals surface area contributed by atoms with Crippen molar-refractivity contribution in [2.45, 2.75) is 6.54 Å². The third-order valence-corrected chi connectivity index (χ3v) is 4.72. The molecule has 0 unspecified atom stereocenters. The SMILES string of the molecule is COc1cccc2sc(NC(=O)c3cn(Cc4ccccc4)nn3)nc12. The molecule has 2 aromatic carbocycles. The van der Waals surface area contributed by atoms with E-state index in [1.165, 1.54) is 11.3 Å². The number of hydrogen-bond acceptors (Lipinski definition) is 6. The van der Waals surface area contributed by atoms with Gasteiger partial charge in [0.2, 0.25) is 0 Å². The molecule has 1 amide bonds. The first kappa shape index (κ1) is 16.2. The molecule has 2 heterocycles. The summed E-state index contributed by atoms with van der Waals surface area (Å²) in [5, 5.41) is 11.2. The summed E-state index contributed by atoms with van der Waals surface area (Å²) in [6.07, 6.45) is 1.62. The van der Waals surface area contributed by atoms with Crippen LogP contribution in [-0.4, -0.2) is 33.0 Å². The Hall–Kier alpha value is -3.26. The number of nitrogens with one attached hydrogen (secondary N) is 1. The molecular weight excluding hydrogens is 350 g/mol. The fourth-order valence-corrected chi connectivity index (χ4v) is 3.43. The van der Waals surface area contributed by atoms with E-state index in [1.807, 2.05) is 48.5 Å². The maximum absolute atomic E-state index is 12.4. The lowest BCUT2D eigenvalue weighted by Crippen LogP contribution is -2.12.